The van der Waals surface area contributed by atoms with Gasteiger partial charge in [0.2, 0.25) is 0 Å². The molecule has 1 aromatic carbocycles. The van der Waals surface area contributed by atoms with Crippen molar-refractivity contribution in [3.05, 3.63) is 34.7 Å². The number of likely N-dealkylation sites (tertiary alicyclic amines) is 1. The molecule has 1 aromatic heterocycles. The Kier molecular flexibility index (Phi) is 3.89. The van der Waals surface area contributed by atoms with Crippen LogP contribution in [0.1, 0.15) is 19.3 Å². The largest absolute Gasteiger partial charge is 0.327 e. The molecule has 1 fully saturated rings. The lowest BCUT2D eigenvalue weighted by molar-refractivity contribution is 0.204. The zero-order valence-electron chi connectivity index (χ0n) is 11.7. The molecule has 2 heterocycles. The number of hydrogen-bond donors (Lipinski definition) is 2. The Morgan fingerprint density at radius 3 is 3.00 bits per heavy atom. The number of aromatic amines is 1. The van der Waals surface area contributed by atoms with Crippen molar-refractivity contribution in [3.8, 4) is 0 Å². The number of aryl methyl sites for hydroxylation is 1. The van der Waals surface area contributed by atoms with Gasteiger partial charge in [0.1, 0.15) is 0 Å². The number of hydrogen-bond acceptors (Lipinski definition) is 3. The molecule has 0 spiro atoms. The fraction of sp³-hybridized carbons (Fsp3) is 0.533. The summed E-state index contributed by atoms with van der Waals surface area (Å²) in [6, 6.07) is 8.16. The molecule has 1 saturated heterocycles. The zero-order valence-corrected chi connectivity index (χ0v) is 11.7. The maximum Gasteiger partial charge on any atom is 0.326 e. The fourth-order valence-corrected chi connectivity index (χ4v) is 3.08. The van der Waals surface area contributed by atoms with Gasteiger partial charge in [-0.05, 0) is 44.5 Å². The van der Waals surface area contributed by atoms with E-state index in [1.165, 1.54) is 6.42 Å². The third kappa shape index (κ3) is 2.78. The smallest absolute Gasteiger partial charge is 0.326 e. The number of rotatable bonds is 4. The molecule has 0 radical (unpaired) electrons. The summed E-state index contributed by atoms with van der Waals surface area (Å²) >= 11 is 0. The lowest BCUT2D eigenvalue weighted by atomic mass is 10.1. The highest BCUT2D eigenvalue weighted by Gasteiger charge is 2.16. The van der Waals surface area contributed by atoms with Gasteiger partial charge in [-0.15, -0.1) is 0 Å². The Labute approximate surface area is 118 Å². The van der Waals surface area contributed by atoms with Crippen molar-refractivity contribution in [1.29, 1.82) is 0 Å². The van der Waals surface area contributed by atoms with Gasteiger partial charge in [0.15, 0.2) is 0 Å². The summed E-state index contributed by atoms with van der Waals surface area (Å²) < 4.78 is 1.83. The second-order valence-corrected chi connectivity index (χ2v) is 5.66. The maximum atomic E-state index is 11.9. The van der Waals surface area contributed by atoms with E-state index in [9.17, 15) is 4.79 Å². The van der Waals surface area contributed by atoms with Crippen LogP contribution in [0, 0.1) is 0 Å². The van der Waals surface area contributed by atoms with E-state index in [0.29, 0.717) is 6.04 Å². The van der Waals surface area contributed by atoms with Crippen molar-refractivity contribution in [2.75, 3.05) is 19.6 Å². The quantitative estimate of drug-likeness (QED) is 0.878. The summed E-state index contributed by atoms with van der Waals surface area (Å²) in [5.74, 6) is 0. The van der Waals surface area contributed by atoms with Crippen LogP contribution in [0.2, 0.25) is 0 Å². The highest BCUT2D eigenvalue weighted by Crippen LogP contribution is 2.11. The normalized spacial score (nSPS) is 20.6. The summed E-state index contributed by atoms with van der Waals surface area (Å²) in [7, 11) is 0. The average molecular weight is 274 g/mol. The van der Waals surface area contributed by atoms with E-state index in [1.807, 2.05) is 28.8 Å². The standard InChI is InChI=1S/C15H22N4O/c16-12-5-3-8-18(11-12)9-4-10-19-14-7-2-1-6-13(14)17-15(19)20/h1-2,6-7,12H,3-5,8-11,16H2,(H,17,20)/t12-/m1/s1. The molecule has 1 atom stereocenters. The second-order valence-electron chi connectivity index (χ2n) is 5.66. The number of fused-ring (bicyclic) bond motifs is 1. The lowest BCUT2D eigenvalue weighted by Crippen LogP contribution is -2.43. The summed E-state index contributed by atoms with van der Waals surface area (Å²) in [5.41, 5.74) is 7.88. The monoisotopic (exact) mass is 274 g/mol. The van der Waals surface area contributed by atoms with E-state index >= 15 is 0 Å². The first-order chi connectivity index (χ1) is 9.74. The van der Waals surface area contributed by atoms with Crippen molar-refractivity contribution in [2.24, 2.45) is 5.73 Å². The van der Waals surface area contributed by atoms with Crippen LogP contribution in [-0.4, -0.2) is 40.1 Å². The van der Waals surface area contributed by atoms with Gasteiger partial charge in [0.05, 0.1) is 11.0 Å². The third-order valence-electron chi connectivity index (χ3n) is 4.08. The molecule has 20 heavy (non-hydrogen) atoms. The van der Waals surface area contributed by atoms with Crippen LogP contribution in [0.25, 0.3) is 11.0 Å². The van der Waals surface area contributed by atoms with Gasteiger partial charge in [-0.2, -0.15) is 0 Å². The molecule has 3 N–H and O–H groups in total. The van der Waals surface area contributed by atoms with E-state index in [4.69, 9.17) is 5.73 Å². The van der Waals surface area contributed by atoms with E-state index in [2.05, 4.69) is 9.88 Å². The molecule has 0 aliphatic carbocycles. The molecule has 5 heteroatoms. The van der Waals surface area contributed by atoms with Gasteiger partial charge >= 0.3 is 5.69 Å². The Morgan fingerprint density at radius 1 is 1.30 bits per heavy atom. The van der Waals surface area contributed by atoms with Crippen LogP contribution in [0.4, 0.5) is 0 Å². The molecular weight excluding hydrogens is 252 g/mol. The molecule has 2 aromatic rings. The van der Waals surface area contributed by atoms with Gasteiger partial charge < -0.3 is 15.6 Å². The molecule has 1 aliphatic rings. The number of H-pyrrole nitrogens is 1. The molecule has 3 rings (SSSR count). The summed E-state index contributed by atoms with van der Waals surface area (Å²) in [6.07, 6.45) is 3.31. The molecular formula is C15H22N4O. The zero-order chi connectivity index (χ0) is 13.9. The van der Waals surface area contributed by atoms with Crippen LogP contribution >= 0.6 is 0 Å². The molecule has 0 bridgehead atoms. The molecule has 1 aliphatic heterocycles. The van der Waals surface area contributed by atoms with Crippen molar-refractivity contribution < 1.29 is 0 Å². The van der Waals surface area contributed by atoms with Crippen LogP contribution in [0.15, 0.2) is 29.1 Å². The van der Waals surface area contributed by atoms with Crippen molar-refractivity contribution in [2.45, 2.75) is 31.8 Å². The number of benzene rings is 1. The highest BCUT2D eigenvalue weighted by molar-refractivity contribution is 5.74. The van der Waals surface area contributed by atoms with Gasteiger partial charge in [0, 0.05) is 19.1 Å². The second kappa shape index (κ2) is 5.81. The summed E-state index contributed by atoms with van der Waals surface area (Å²) in [4.78, 5) is 17.3. The minimum atomic E-state index is -0.0125. The average Bonchev–Trinajstić information content (AvgIpc) is 2.75. The highest BCUT2D eigenvalue weighted by atomic mass is 16.1. The molecule has 0 unspecified atom stereocenters. The number of nitrogens with zero attached hydrogens (tertiary/aromatic N) is 2. The lowest BCUT2D eigenvalue weighted by Gasteiger charge is -2.30. The predicted octanol–water partition coefficient (Wildman–Crippen LogP) is 1.14. The van der Waals surface area contributed by atoms with Crippen LogP contribution in [-0.2, 0) is 6.54 Å². The maximum absolute atomic E-state index is 11.9. The minimum absolute atomic E-state index is 0.0125. The number of nitrogens with two attached hydrogens (primary N) is 1. The molecule has 5 nitrogen and oxygen atoms in total. The van der Waals surface area contributed by atoms with E-state index in [1.54, 1.807) is 0 Å². The van der Waals surface area contributed by atoms with E-state index in [0.717, 1.165) is 50.1 Å². The van der Waals surface area contributed by atoms with Gasteiger partial charge in [-0.25, -0.2) is 4.79 Å². The topological polar surface area (TPSA) is 67.0 Å². The Hall–Kier alpha value is -1.59. The van der Waals surface area contributed by atoms with Gasteiger partial charge in [0.25, 0.3) is 0 Å². The van der Waals surface area contributed by atoms with E-state index < -0.39 is 0 Å². The van der Waals surface area contributed by atoms with Gasteiger partial charge in [-0.1, -0.05) is 12.1 Å². The first-order valence-corrected chi connectivity index (χ1v) is 7.39. The number of imidazole rings is 1. The number of nitrogens with one attached hydrogen (secondary N) is 1. The molecule has 0 amide bonds. The van der Waals surface area contributed by atoms with Crippen LogP contribution in [0.5, 0.6) is 0 Å². The number of para-hydroxylation sites is 2. The first kappa shape index (κ1) is 13.4. The first-order valence-electron chi connectivity index (χ1n) is 7.39. The summed E-state index contributed by atoms with van der Waals surface area (Å²) in [6.45, 7) is 3.90. The Bertz CT molecular complexity index is 630. The van der Waals surface area contributed by atoms with Crippen LogP contribution < -0.4 is 11.4 Å². The van der Waals surface area contributed by atoms with Crippen molar-refractivity contribution >= 4 is 11.0 Å². The van der Waals surface area contributed by atoms with E-state index in [-0.39, 0.29) is 5.69 Å². The predicted molar refractivity (Wildman–Crippen MR) is 80.8 cm³/mol. The molecule has 0 saturated carbocycles. The Balaban J connectivity index is 1.62. The number of aromatic nitrogens is 2. The SMILES string of the molecule is N[C@@H]1CCCN(CCCn2c(=O)[nH]c3ccccc32)C1. The summed E-state index contributed by atoms with van der Waals surface area (Å²) in [5, 5.41) is 0. The minimum Gasteiger partial charge on any atom is -0.327 e. The van der Waals surface area contributed by atoms with Crippen molar-refractivity contribution in [3.63, 3.8) is 0 Å². The Morgan fingerprint density at radius 2 is 2.15 bits per heavy atom. The van der Waals surface area contributed by atoms with Crippen molar-refractivity contribution in [1.82, 2.24) is 14.5 Å². The third-order valence-corrected chi connectivity index (χ3v) is 4.08. The fourth-order valence-electron chi connectivity index (χ4n) is 3.08. The van der Waals surface area contributed by atoms with Gasteiger partial charge in [-0.3, -0.25) is 4.57 Å². The molecule has 108 valence electrons. The van der Waals surface area contributed by atoms with Crippen LogP contribution in [0.3, 0.4) is 0 Å². The number of piperidine rings is 1.